The Hall–Kier alpha value is -1.57. The van der Waals surface area contributed by atoms with Crippen molar-refractivity contribution in [2.45, 2.75) is 40.0 Å². The molecule has 0 rings (SSSR count). The summed E-state index contributed by atoms with van der Waals surface area (Å²) in [7, 11) is 0. The summed E-state index contributed by atoms with van der Waals surface area (Å²) < 4.78 is 0. The van der Waals surface area contributed by atoms with Crippen LogP contribution in [0.25, 0.3) is 0 Å². The third-order valence-corrected chi connectivity index (χ3v) is 2.76. The number of allylic oxidation sites excluding steroid dienone is 7. The number of unbranched alkanes of at least 4 members (excludes halogenated alkanes) is 1. The van der Waals surface area contributed by atoms with Crippen LogP contribution in [0.5, 0.6) is 0 Å². The van der Waals surface area contributed by atoms with Gasteiger partial charge in [-0.1, -0.05) is 62.8 Å². The van der Waals surface area contributed by atoms with Gasteiger partial charge >= 0.3 is 0 Å². The highest BCUT2D eigenvalue weighted by Crippen LogP contribution is 1.97. The molecule has 1 unspecified atom stereocenters. The number of nitrogens with one attached hydrogen (secondary N) is 1. The Kier molecular flexibility index (Phi) is 11.8. The van der Waals surface area contributed by atoms with Gasteiger partial charge in [0.1, 0.15) is 0 Å². The molecule has 0 saturated heterocycles. The number of amides is 1. The van der Waals surface area contributed by atoms with Gasteiger partial charge in [0.25, 0.3) is 0 Å². The largest absolute Gasteiger partial charge is 0.352 e. The molecule has 0 radical (unpaired) electrons. The van der Waals surface area contributed by atoms with Crippen molar-refractivity contribution in [2.24, 2.45) is 5.92 Å². The van der Waals surface area contributed by atoms with Crippen LogP contribution in [0.1, 0.15) is 40.0 Å². The van der Waals surface area contributed by atoms with Crippen molar-refractivity contribution in [3.63, 3.8) is 0 Å². The molecule has 0 aliphatic rings. The molecule has 2 nitrogen and oxygen atoms in total. The number of rotatable bonds is 9. The molecule has 0 aromatic heterocycles. The first-order valence-electron chi connectivity index (χ1n) is 7.09. The van der Waals surface area contributed by atoms with Crippen molar-refractivity contribution < 1.29 is 4.79 Å². The van der Waals surface area contributed by atoms with Gasteiger partial charge < -0.3 is 5.32 Å². The summed E-state index contributed by atoms with van der Waals surface area (Å²) in [6, 6.07) is 0. The zero-order valence-corrected chi connectivity index (χ0v) is 12.4. The molecule has 0 fully saturated rings. The number of hydrogen-bond acceptors (Lipinski definition) is 1. The lowest BCUT2D eigenvalue weighted by Gasteiger charge is -2.07. The standard InChI is InChI=1S/C17H27NO/c1-4-6-7-8-9-10-11-12-13-14-17(19)18-15-16(3)5-2/h4,6-8,11-14,16H,5,9-10,15H2,1-3H3,(H,18,19)/b6-4+,8-7-,12-11-,14-13+. The fraction of sp³-hybridized carbons (Fsp3) is 0.471. The summed E-state index contributed by atoms with van der Waals surface area (Å²) in [5.41, 5.74) is 0. The molecule has 0 aliphatic carbocycles. The summed E-state index contributed by atoms with van der Waals surface area (Å²) in [4.78, 5) is 11.4. The van der Waals surface area contributed by atoms with Crippen molar-refractivity contribution >= 4 is 5.91 Å². The Morgan fingerprint density at radius 2 is 1.74 bits per heavy atom. The van der Waals surface area contributed by atoms with Crippen LogP contribution in [0.4, 0.5) is 0 Å². The maximum Gasteiger partial charge on any atom is 0.243 e. The first-order chi connectivity index (χ1) is 9.20. The van der Waals surface area contributed by atoms with Gasteiger partial charge in [0.2, 0.25) is 5.91 Å². The van der Waals surface area contributed by atoms with E-state index in [-0.39, 0.29) is 5.91 Å². The van der Waals surface area contributed by atoms with E-state index in [1.807, 2.05) is 31.2 Å². The Balaban J connectivity index is 3.68. The second-order valence-corrected chi connectivity index (χ2v) is 4.58. The van der Waals surface area contributed by atoms with Crippen LogP contribution in [-0.2, 0) is 4.79 Å². The average Bonchev–Trinajstić information content (AvgIpc) is 2.42. The molecule has 106 valence electrons. The molecule has 2 heteroatoms. The maximum atomic E-state index is 11.4. The Bertz CT molecular complexity index is 337. The summed E-state index contributed by atoms with van der Waals surface area (Å²) in [6.07, 6.45) is 18.7. The minimum Gasteiger partial charge on any atom is -0.352 e. The van der Waals surface area contributed by atoms with Crippen molar-refractivity contribution in [2.75, 3.05) is 6.54 Å². The van der Waals surface area contributed by atoms with Crippen LogP contribution >= 0.6 is 0 Å². The van der Waals surface area contributed by atoms with Gasteiger partial charge in [0.05, 0.1) is 0 Å². The molecule has 1 atom stereocenters. The van der Waals surface area contributed by atoms with Gasteiger partial charge in [-0.15, -0.1) is 0 Å². The van der Waals surface area contributed by atoms with Crippen LogP contribution in [0.2, 0.25) is 0 Å². The minimum absolute atomic E-state index is 0.0158. The van der Waals surface area contributed by atoms with Gasteiger partial charge in [-0.3, -0.25) is 4.79 Å². The molecule has 19 heavy (non-hydrogen) atoms. The fourth-order valence-electron chi connectivity index (χ4n) is 1.27. The lowest BCUT2D eigenvalue weighted by Crippen LogP contribution is -2.26. The molecular weight excluding hydrogens is 234 g/mol. The molecule has 1 N–H and O–H groups in total. The van der Waals surface area contributed by atoms with Crippen molar-refractivity contribution in [1.82, 2.24) is 5.32 Å². The van der Waals surface area contributed by atoms with Gasteiger partial charge in [-0.05, 0) is 25.7 Å². The van der Waals surface area contributed by atoms with Gasteiger partial charge in [0.15, 0.2) is 0 Å². The zero-order chi connectivity index (χ0) is 14.3. The second kappa shape index (κ2) is 12.9. The smallest absolute Gasteiger partial charge is 0.243 e. The van der Waals surface area contributed by atoms with E-state index >= 15 is 0 Å². The first kappa shape index (κ1) is 17.4. The quantitative estimate of drug-likeness (QED) is 0.376. The van der Waals surface area contributed by atoms with E-state index in [1.54, 1.807) is 12.2 Å². The minimum atomic E-state index is -0.0158. The molecule has 0 aromatic rings. The third-order valence-electron chi connectivity index (χ3n) is 2.76. The van der Waals surface area contributed by atoms with E-state index in [0.717, 1.165) is 25.8 Å². The average molecular weight is 261 g/mol. The highest BCUT2D eigenvalue weighted by Gasteiger charge is 1.99. The summed E-state index contributed by atoms with van der Waals surface area (Å²) in [6.45, 7) is 7.01. The van der Waals surface area contributed by atoms with Crippen molar-refractivity contribution in [1.29, 1.82) is 0 Å². The highest BCUT2D eigenvalue weighted by molar-refractivity contribution is 5.87. The summed E-state index contributed by atoms with van der Waals surface area (Å²) >= 11 is 0. The van der Waals surface area contributed by atoms with E-state index in [2.05, 4.69) is 31.3 Å². The SMILES string of the molecule is C/C=C/C=C\CC/C=C\C=C\C(=O)NCC(C)CC. The van der Waals surface area contributed by atoms with Gasteiger partial charge in [-0.25, -0.2) is 0 Å². The highest BCUT2D eigenvalue weighted by atomic mass is 16.1. The predicted molar refractivity (Wildman–Crippen MR) is 83.9 cm³/mol. The monoisotopic (exact) mass is 261 g/mol. The zero-order valence-electron chi connectivity index (χ0n) is 12.4. The third kappa shape index (κ3) is 12.7. The summed E-state index contributed by atoms with van der Waals surface area (Å²) in [5, 5.41) is 2.88. The maximum absolute atomic E-state index is 11.4. The Morgan fingerprint density at radius 1 is 1.11 bits per heavy atom. The Morgan fingerprint density at radius 3 is 2.32 bits per heavy atom. The van der Waals surface area contributed by atoms with Crippen LogP contribution in [0.15, 0.2) is 48.6 Å². The van der Waals surface area contributed by atoms with E-state index in [1.165, 1.54) is 0 Å². The van der Waals surface area contributed by atoms with Crippen LogP contribution < -0.4 is 5.32 Å². The van der Waals surface area contributed by atoms with E-state index < -0.39 is 0 Å². The lowest BCUT2D eigenvalue weighted by atomic mass is 10.1. The van der Waals surface area contributed by atoms with Crippen LogP contribution in [-0.4, -0.2) is 12.5 Å². The van der Waals surface area contributed by atoms with Crippen molar-refractivity contribution in [3.8, 4) is 0 Å². The predicted octanol–water partition coefficient (Wildman–Crippen LogP) is 4.17. The molecule has 0 aliphatic heterocycles. The van der Waals surface area contributed by atoms with Crippen LogP contribution in [0, 0.1) is 5.92 Å². The van der Waals surface area contributed by atoms with E-state index in [4.69, 9.17) is 0 Å². The molecule has 1 amide bonds. The Labute approximate surface area is 118 Å². The number of carbonyl (C=O) groups is 1. The molecule has 0 saturated carbocycles. The molecule has 0 aromatic carbocycles. The fourth-order valence-corrected chi connectivity index (χ4v) is 1.27. The summed E-state index contributed by atoms with van der Waals surface area (Å²) in [5.74, 6) is 0.523. The molecule has 0 spiro atoms. The normalized spacial score (nSPS) is 14.1. The number of hydrogen-bond donors (Lipinski definition) is 1. The first-order valence-corrected chi connectivity index (χ1v) is 7.09. The lowest BCUT2D eigenvalue weighted by molar-refractivity contribution is -0.116. The van der Waals surface area contributed by atoms with E-state index in [9.17, 15) is 4.79 Å². The molecule has 0 bridgehead atoms. The topological polar surface area (TPSA) is 29.1 Å². The van der Waals surface area contributed by atoms with Gasteiger partial charge in [-0.2, -0.15) is 0 Å². The van der Waals surface area contributed by atoms with Crippen LogP contribution in [0.3, 0.4) is 0 Å². The van der Waals surface area contributed by atoms with Crippen molar-refractivity contribution in [3.05, 3.63) is 48.6 Å². The second-order valence-electron chi connectivity index (χ2n) is 4.58. The van der Waals surface area contributed by atoms with E-state index in [0.29, 0.717) is 5.92 Å². The molecule has 0 heterocycles. The van der Waals surface area contributed by atoms with Gasteiger partial charge in [0, 0.05) is 12.6 Å². The molecular formula is C17H27NO. The number of carbonyl (C=O) groups excluding carboxylic acids is 1.